The highest BCUT2D eigenvalue weighted by molar-refractivity contribution is 5.94. The number of nitrogens with zero attached hydrogens (tertiary/aromatic N) is 3. The Morgan fingerprint density at radius 2 is 2.16 bits per heavy atom. The fourth-order valence-electron chi connectivity index (χ4n) is 5.21. The Labute approximate surface area is 183 Å². The molecule has 1 aliphatic heterocycles. The van der Waals surface area contributed by atoms with Crippen molar-refractivity contribution in [3.63, 3.8) is 0 Å². The van der Waals surface area contributed by atoms with E-state index in [0.717, 1.165) is 72.3 Å². The van der Waals surface area contributed by atoms with Crippen LogP contribution in [0.4, 0.5) is 0 Å². The highest BCUT2D eigenvalue weighted by atomic mass is 16.5. The predicted molar refractivity (Wildman–Crippen MR) is 121 cm³/mol. The number of hydrogen-bond acceptors (Lipinski definition) is 4. The van der Waals surface area contributed by atoms with Crippen LogP contribution in [0.3, 0.4) is 0 Å². The van der Waals surface area contributed by atoms with Crippen LogP contribution in [0.25, 0.3) is 10.8 Å². The van der Waals surface area contributed by atoms with Gasteiger partial charge in [0.15, 0.2) is 5.69 Å². The van der Waals surface area contributed by atoms with Crippen LogP contribution < -0.4 is 4.74 Å². The van der Waals surface area contributed by atoms with Gasteiger partial charge in [0, 0.05) is 47.5 Å². The highest BCUT2D eigenvalue weighted by Gasteiger charge is 2.31. The van der Waals surface area contributed by atoms with Crippen molar-refractivity contribution in [3.8, 4) is 5.75 Å². The van der Waals surface area contributed by atoms with Crippen molar-refractivity contribution in [3.05, 3.63) is 52.6 Å². The highest BCUT2D eigenvalue weighted by Crippen LogP contribution is 2.33. The van der Waals surface area contributed by atoms with Gasteiger partial charge in [0.25, 0.3) is 5.91 Å². The van der Waals surface area contributed by atoms with Crippen molar-refractivity contribution in [2.75, 3.05) is 20.2 Å². The van der Waals surface area contributed by atoms with Crippen LogP contribution in [0.1, 0.15) is 65.1 Å². The number of H-pyrrole nitrogens is 1. The summed E-state index contributed by atoms with van der Waals surface area (Å²) in [6, 6.07) is 6.23. The lowest BCUT2D eigenvalue weighted by Crippen LogP contribution is -2.40. The van der Waals surface area contributed by atoms with Crippen LogP contribution in [0, 0.1) is 12.8 Å². The summed E-state index contributed by atoms with van der Waals surface area (Å²) in [5.74, 6) is 1.80. The average molecular weight is 419 g/mol. The average Bonchev–Trinajstić information content (AvgIpc) is 3.22. The summed E-state index contributed by atoms with van der Waals surface area (Å²) >= 11 is 0. The number of carbonyl (C=O) groups is 1. The summed E-state index contributed by atoms with van der Waals surface area (Å²) in [5.41, 5.74) is 5.10. The Kier molecular flexibility index (Phi) is 5.16. The van der Waals surface area contributed by atoms with E-state index in [1.807, 2.05) is 17.2 Å². The molecule has 2 aromatic heterocycles. The van der Waals surface area contributed by atoms with E-state index < -0.39 is 0 Å². The zero-order chi connectivity index (χ0) is 21.5. The number of ether oxygens (including phenoxy) is 1. The number of aryl methyl sites for hydroxylation is 2. The summed E-state index contributed by atoms with van der Waals surface area (Å²) < 4.78 is 5.50. The number of piperidine rings is 1. The van der Waals surface area contributed by atoms with Crippen LogP contribution in [0.2, 0.25) is 0 Å². The number of likely N-dealkylation sites (tertiary alicyclic amines) is 1. The van der Waals surface area contributed by atoms with Crippen molar-refractivity contribution >= 4 is 16.7 Å². The first kappa shape index (κ1) is 20.0. The number of rotatable bonds is 3. The molecule has 3 aromatic rings. The molecule has 0 saturated carbocycles. The summed E-state index contributed by atoms with van der Waals surface area (Å²) in [5, 5.41) is 9.84. The maximum Gasteiger partial charge on any atom is 0.274 e. The minimum absolute atomic E-state index is 0.0648. The number of benzene rings is 1. The summed E-state index contributed by atoms with van der Waals surface area (Å²) in [6.45, 7) is 5.82. The van der Waals surface area contributed by atoms with E-state index in [1.165, 1.54) is 5.39 Å². The molecule has 6 heteroatoms. The van der Waals surface area contributed by atoms with Crippen LogP contribution in [0.15, 0.2) is 24.4 Å². The van der Waals surface area contributed by atoms with Gasteiger partial charge < -0.3 is 9.64 Å². The summed E-state index contributed by atoms with van der Waals surface area (Å²) in [6.07, 6.45) is 7.06. The smallest absolute Gasteiger partial charge is 0.274 e. The molecule has 0 bridgehead atoms. The number of aromatic amines is 1. The quantitative estimate of drug-likeness (QED) is 0.684. The molecule has 1 fully saturated rings. The lowest BCUT2D eigenvalue weighted by Gasteiger charge is -2.32. The Hall–Kier alpha value is -2.89. The Bertz CT molecular complexity index is 1140. The zero-order valence-corrected chi connectivity index (χ0v) is 18.6. The minimum Gasteiger partial charge on any atom is -0.496 e. The fraction of sp³-hybridized carbons (Fsp3) is 0.480. The van der Waals surface area contributed by atoms with Gasteiger partial charge in [-0.15, -0.1) is 0 Å². The maximum atomic E-state index is 13.4. The monoisotopic (exact) mass is 418 g/mol. The van der Waals surface area contributed by atoms with Crippen LogP contribution >= 0.6 is 0 Å². The van der Waals surface area contributed by atoms with E-state index in [4.69, 9.17) is 9.72 Å². The van der Waals surface area contributed by atoms with Gasteiger partial charge in [-0.2, -0.15) is 5.10 Å². The predicted octanol–water partition coefficient (Wildman–Crippen LogP) is 4.42. The van der Waals surface area contributed by atoms with Gasteiger partial charge in [0.05, 0.1) is 7.11 Å². The van der Waals surface area contributed by atoms with Gasteiger partial charge in [-0.1, -0.05) is 6.92 Å². The van der Waals surface area contributed by atoms with E-state index in [-0.39, 0.29) is 11.8 Å². The van der Waals surface area contributed by atoms with Gasteiger partial charge in [-0.05, 0) is 74.1 Å². The Morgan fingerprint density at radius 1 is 1.29 bits per heavy atom. The van der Waals surface area contributed by atoms with E-state index in [1.54, 1.807) is 7.11 Å². The lowest BCUT2D eigenvalue weighted by atomic mass is 9.87. The summed E-state index contributed by atoms with van der Waals surface area (Å²) in [7, 11) is 1.70. The van der Waals surface area contributed by atoms with E-state index >= 15 is 0 Å². The standard InChI is InChI=1S/C25H30N4O2/c1-15-6-8-21-20(11-15)24(28-27-21)25(30)29-10-4-5-18(14-29)22-12-19-16(2)23(31-3)9-7-17(19)13-26-22/h7,9,12-13,15,18H,4-6,8,10-11,14H2,1-3H3,(H,27,28)/t15-,18-/m1/s1. The second-order valence-corrected chi connectivity index (χ2v) is 9.19. The molecule has 0 unspecified atom stereocenters. The largest absolute Gasteiger partial charge is 0.496 e. The van der Waals surface area contributed by atoms with E-state index in [9.17, 15) is 4.79 Å². The molecule has 0 spiro atoms. The van der Waals surface area contributed by atoms with Crippen LogP contribution in [-0.4, -0.2) is 46.2 Å². The van der Waals surface area contributed by atoms with Crippen LogP contribution in [-0.2, 0) is 12.8 Å². The van der Waals surface area contributed by atoms with Gasteiger partial charge in [0.2, 0.25) is 0 Å². The van der Waals surface area contributed by atoms with Crippen molar-refractivity contribution in [2.24, 2.45) is 5.92 Å². The molecule has 0 radical (unpaired) electrons. The molecular formula is C25H30N4O2. The number of methoxy groups -OCH3 is 1. The van der Waals surface area contributed by atoms with E-state index in [2.05, 4.69) is 36.2 Å². The molecule has 31 heavy (non-hydrogen) atoms. The number of amides is 1. The molecule has 6 nitrogen and oxygen atoms in total. The first-order valence-corrected chi connectivity index (χ1v) is 11.3. The van der Waals surface area contributed by atoms with Gasteiger partial charge in [-0.3, -0.25) is 14.9 Å². The molecule has 1 aromatic carbocycles. The number of fused-ring (bicyclic) bond motifs is 2. The third-order valence-corrected chi connectivity index (χ3v) is 7.09. The Morgan fingerprint density at radius 3 is 3.00 bits per heavy atom. The zero-order valence-electron chi connectivity index (χ0n) is 18.6. The van der Waals surface area contributed by atoms with Crippen molar-refractivity contribution in [2.45, 2.75) is 51.9 Å². The topological polar surface area (TPSA) is 71.1 Å². The van der Waals surface area contributed by atoms with Crippen molar-refractivity contribution < 1.29 is 9.53 Å². The molecule has 3 heterocycles. The number of hydrogen-bond donors (Lipinski definition) is 1. The Balaban J connectivity index is 1.40. The normalized spacial score (nSPS) is 21.2. The number of carbonyl (C=O) groups excluding carboxylic acids is 1. The molecule has 1 saturated heterocycles. The molecule has 1 aliphatic carbocycles. The summed E-state index contributed by atoms with van der Waals surface area (Å²) in [4.78, 5) is 20.1. The third-order valence-electron chi connectivity index (χ3n) is 7.09. The maximum absolute atomic E-state index is 13.4. The van der Waals surface area contributed by atoms with Crippen molar-refractivity contribution in [1.29, 1.82) is 0 Å². The van der Waals surface area contributed by atoms with Gasteiger partial charge >= 0.3 is 0 Å². The lowest BCUT2D eigenvalue weighted by molar-refractivity contribution is 0.0698. The minimum atomic E-state index is 0.0648. The van der Waals surface area contributed by atoms with Crippen LogP contribution in [0.5, 0.6) is 5.75 Å². The fourth-order valence-corrected chi connectivity index (χ4v) is 5.21. The molecule has 1 N–H and O–H groups in total. The van der Waals surface area contributed by atoms with E-state index in [0.29, 0.717) is 18.2 Å². The first-order valence-electron chi connectivity index (χ1n) is 11.3. The molecule has 2 atom stereocenters. The third kappa shape index (κ3) is 3.58. The van der Waals surface area contributed by atoms with Gasteiger partial charge in [0.1, 0.15) is 5.75 Å². The molecule has 162 valence electrons. The first-order chi connectivity index (χ1) is 15.0. The number of aromatic nitrogens is 3. The number of nitrogens with one attached hydrogen (secondary N) is 1. The number of pyridine rings is 1. The SMILES string of the molecule is COc1ccc2cnc([C@@H]3CCCN(C(=O)c4n[nH]c5c4C[C@H](C)CC5)C3)cc2c1C. The molecule has 5 rings (SSSR count). The molecular weight excluding hydrogens is 388 g/mol. The van der Waals surface area contributed by atoms with Crippen molar-refractivity contribution in [1.82, 2.24) is 20.1 Å². The molecule has 2 aliphatic rings. The second-order valence-electron chi connectivity index (χ2n) is 9.19. The van der Waals surface area contributed by atoms with Gasteiger partial charge in [-0.25, -0.2) is 0 Å². The molecule has 1 amide bonds. The second kappa shape index (κ2) is 7.98.